The molecule has 0 bridgehead atoms. The molecule has 100 valence electrons. The molecule has 0 N–H and O–H groups in total. The van der Waals surface area contributed by atoms with Gasteiger partial charge < -0.3 is 0 Å². The van der Waals surface area contributed by atoms with Gasteiger partial charge in [-0.3, -0.25) is 4.79 Å². The fraction of sp³-hybridized carbons (Fsp3) is 0.688. The maximum atomic E-state index is 11.2. The van der Waals surface area contributed by atoms with E-state index in [1.54, 1.807) is 0 Å². The highest BCUT2D eigenvalue weighted by molar-refractivity contribution is 6.17. The van der Waals surface area contributed by atoms with Crippen LogP contribution in [0.25, 0.3) is 0 Å². The molecule has 0 aromatic rings. The Labute approximate surface area is 116 Å². The van der Waals surface area contributed by atoms with Crippen molar-refractivity contribution in [2.75, 3.05) is 5.88 Å². The van der Waals surface area contributed by atoms with Gasteiger partial charge in [0.15, 0.2) is 0 Å². The summed E-state index contributed by atoms with van der Waals surface area (Å²) in [6, 6.07) is 0. The zero-order valence-corrected chi connectivity index (χ0v) is 12.4. The average Bonchev–Trinajstić information content (AvgIpc) is 2.33. The van der Waals surface area contributed by atoms with E-state index in [1.165, 1.54) is 0 Å². The first-order valence-corrected chi connectivity index (χ1v) is 7.24. The normalized spacial score (nSPS) is 20.3. The van der Waals surface area contributed by atoms with Gasteiger partial charge in [-0.2, -0.15) is 0 Å². The summed E-state index contributed by atoms with van der Waals surface area (Å²) in [4.78, 5) is 11.2. The van der Waals surface area contributed by atoms with Crippen LogP contribution in [0.15, 0.2) is 11.1 Å². The highest BCUT2D eigenvalue weighted by Gasteiger charge is 2.29. The third-order valence-electron chi connectivity index (χ3n) is 3.64. The van der Waals surface area contributed by atoms with E-state index in [2.05, 4.69) is 32.6 Å². The van der Waals surface area contributed by atoms with Crippen LogP contribution in [0.3, 0.4) is 0 Å². The second-order valence-corrected chi connectivity index (χ2v) is 6.40. The predicted octanol–water partition coefficient (Wildman–Crippen LogP) is 4.35. The maximum absolute atomic E-state index is 11.2. The maximum Gasteiger partial charge on any atom is 0.146 e. The summed E-state index contributed by atoms with van der Waals surface area (Å²) in [5.74, 6) is 7.53. The lowest BCUT2D eigenvalue weighted by atomic mass is 9.71. The number of allylic oxidation sites excluding steroid dienone is 2. The highest BCUT2D eigenvalue weighted by atomic mass is 35.5. The van der Waals surface area contributed by atoms with Crippen molar-refractivity contribution in [2.24, 2.45) is 11.3 Å². The average molecular weight is 267 g/mol. The fourth-order valence-corrected chi connectivity index (χ4v) is 2.43. The minimum Gasteiger partial charge on any atom is -0.298 e. The summed E-state index contributed by atoms with van der Waals surface area (Å²) in [5, 5.41) is 0. The number of hydrogen-bond acceptors (Lipinski definition) is 1. The van der Waals surface area contributed by atoms with E-state index in [0.717, 1.165) is 49.5 Å². The minimum absolute atomic E-state index is 0.270. The molecule has 0 aliphatic heterocycles. The largest absolute Gasteiger partial charge is 0.298 e. The van der Waals surface area contributed by atoms with E-state index >= 15 is 0 Å². The van der Waals surface area contributed by atoms with Gasteiger partial charge in [-0.25, -0.2) is 0 Å². The topological polar surface area (TPSA) is 17.1 Å². The molecule has 0 heterocycles. The van der Waals surface area contributed by atoms with Crippen LogP contribution in [-0.4, -0.2) is 12.2 Å². The van der Waals surface area contributed by atoms with Crippen LogP contribution in [-0.2, 0) is 4.79 Å². The number of halogens is 1. The summed E-state index contributed by atoms with van der Waals surface area (Å²) in [6.45, 7) is 6.74. The van der Waals surface area contributed by atoms with Crippen molar-refractivity contribution in [1.82, 2.24) is 0 Å². The summed E-state index contributed by atoms with van der Waals surface area (Å²) in [6.07, 6.45) is 5.71. The Morgan fingerprint density at radius 1 is 1.44 bits per heavy atom. The van der Waals surface area contributed by atoms with Gasteiger partial charge in [-0.05, 0) is 37.0 Å². The van der Waals surface area contributed by atoms with E-state index in [-0.39, 0.29) is 5.41 Å². The SMILES string of the molecule is CC(C)(C)C1CCC(C#CCCCCl)=C(C=O)C1. The molecule has 0 aromatic heterocycles. The van der Waals surface area contributed by atoms with Crippen LogP contribution in [0.2, 0.25) is 0 Å². The molecule has 0 radical (unpaired) electrons. The number of carbonyl (C=O) groups is 1. The Morgan fingerprint density at radius 3 is 2.72 bits per heavy atom. The summed E-state index contributed by atoms with van der Waals surface area (Å²) >= 11 is 5.61. The summed E-state index contributed by atoms with van der Waals surface area (Å²) in [5.41, 5.74) is 2.24. The van der Waals surface area contributed by atoms with E-state index in [0.29, 0.717) is 11.8 Å². The van der Waals surface area contributed by atoms with Crippen LogP contribution < -0.4 is 0 Å². The lowest BCUT2D eigenvalue weighted by molar-refractivity contribution is -0.105. The number of unbranched alkanes of at least 4 members (excludes halogenated alkanes) is 1. The second kappa shape index (κ2) is 7.00. The van der Waals surface area contributed by atoms with Crippen molar-refractivity contribution in [3.8, 4) is 11.8 Å². The van der Waals surface area contributed by atoms with Gasteiger partial charge in [0.05, 0.1) is 0 Å². The first kappa shape index (κ1) is 15.3. The smallest absolute Gasteiger partial charge is 0.146 e. The monoisotopic (exact) mass is 266 g/mol. The molecule has 1 aliphatic carbocycles. The van der Waals surface area contributed by atoms with Gasteiger partial charge in [0, 0.05) is 23.4 Å². The van der Waals surface area contributed by atoms with Crippen LogP contribution in [0, 0.1) is 23.2 Å². The first-order chi connectivity index (χ1) is 8.49. The molecule has 0 spiro atoms. The van der Waals surface area contributed by atoms with E-state index < -0.39 is 0 Å². The number of hydrogen-bond donors (Lipinski definition) is 0. The molecule has 0 saturated heterocycles. The third kappa shape index (κ3) is 4.50. The van der Waals surface area contributed by atoms with E-state index in [9.17, 15) is 4.79 Å². The second-order valence-electron chi connectivity index (χ2n) is 6.02. The van der Waals surface area contributed by atoms with Crippen LogP contribution in [0.5, 0.6) is 0 Å². The Bertz CT molecular complexity index is 376. The lowest BCUT2D eigenvalue weighted by Gasteiger charge is -2.34. The lowest BCUT2D eigenvalue weighted by Crippen LogP contribution is -2.24. The fourth-order valence-electron chi connectivity index (χ4n) is 2.30. The van der Waals surface area contributed by atoms with Crippen LogP contribution in [0.1, 0.15) is 52.9 Å². The minimum atomic E-state index is 0.270. The third-order valence-corrected chi connectivity index (χ3v) is 3.91. The molecule has 0 amide bonds. The van der Waals surface area contributed by atoms with E-state index in [1.807, 2.05) is 0 Å². The van der Waals surface area contributed by atoms with Crippen LogP contribution in [0.4, 0.5) is 0 Å². The molecule has 18 heavy (non-hydrogen) atoms. The number of carbonyl (C=O) groups excluding carboxylic acids is 1. The van der Waals surface area contributed by atoms with Crippen molar-refractivity contribution >= 4 is 17.9 Å². The Hall–Kier alpha value is -0.740. The Morgan fingerprint density at radius 2 is 2.17 bits per heavy atom. The molecule has 0 fully saturated rings. The molecular formula is C16H23ClO. The predicted molar refractivity (Wildman–Crippen MR) is 77.6 cm³/mol. The van der Waals surface area contributed by atoms with Gasteiger partial charge in [0.25, 0.3) is 0 Å². The van der Waals surface area contributed by atoms with Crippen molar-refractivity contribution in [2.45, 2.75) is 52.9 Å². The number of alkyl halides is 1. The number of rotatable bonds is 3. The summed E-state index contributed by atoms with van der Waals surface area (Å²) < 4.78 is 0. The van der Waals surface area contributed by atoms with Gasteiger partial charge in [-0.1, -0.05) is 32.6 Å². The quantitative estimate of drug-likeness (QED) is 0.321. The molecule has 1 rings (SSSR count). The highest BCUT2D eigenvalue weighted by Crippen LogP contribution is 2.39. The van der Waals surface area contributed by atoms with Gasteiger partial charge >= 0.3 is 0 Å². The first-order valence-electron chi connectivity index (χ1n) is 6.71. The molecule has 2 heteroatoms. The Balaban J connectivity index is 2.74. The standard InChI is InChI=1S/C16H23ClO/c1-16(2,3)15-9-8-13(14(11-15)12-18)7-5-4-6-10-17/h12,15H,4,6,8-11H2,1-3H3. The Kier molecular flexibility index (Phi) is 5.96. The van der Waals surface area contributed by atoms with Crippen molar-refractivity contribution in [3.05, 3.63) is 11.1 Å². The summed E-state index contributed by atoms with van der Waals surface area (Å²) in [7, 11) is 0. The van der Waals surface area contributed by atoms with Gasteiger partial charge in [0.2, 0.25) is 0 Å². The van der Waals surface area contributed by atoms with Gasteiger partial charge in [0.1, 0.15) is 6.29 Å². The molecule has 1 atom stereocenters. The van der Waals surface area contributed by atoms with E-state index in [4.69, 9.17) is 11.6 Å². The molecule has 1 unspecified atom stereocenters. The van der Waals surface area contributed by atoms with Crippen molar-refractivity contribution in [3.63, 3.8) is 0 Å². The molecule has 1 nitrogen and oxygen atoms in total. The molecule has 1 aliphatic rings. The molecular weight excluding hydrogens is 244 g/mol. The van der Waals surface area contributed by atoms with Gasteiger partial charge in [-0.15, -0.1) is 11.6 Å². The zero-order valence-electron chi connectivity index (χ0n) is 11.7. The van der Waals surface area contributed by atoms with Crippen LogP contribution >= 0.6 is 11.6 Å². The van der Waals surface area contributed by atoms with Crippen molar-refractivity contribution < 1.29 is 4.79 Å². The molecule has 0 saturated carbocycles. The van der Waals surface area contributed by atoms with Crippen molar-refractivity contribution in [1.29, 1.82) is 0 Å². The molecule has 0 aromatic carbocycles. The zero-order chi connectivity index (χ0) is 13.6. The number of aldehydes is 1.